The minimum absolute atomic E-state index is 0.275. The van der Waals surface area contributed by atoms with E-state index in [1.54, 1.807) is 0 Å². The van der Waals surface area contributed by atoms with E-state index in [1.807, 2.05) is 13.3 Å². The summed E-state index contributed by atoms with van der Waals surface area (Å²) < 4.78 is 0. The van der Waals surface area contributed by atoms with E-state index < -0.39 is 0 Å². The second kappa shape index (κ2) is 4.44. The highest BCUT2D eigenvalue weighted by atomic mass is 14.6. The van der Waals surface area contributed by atoms with Gasteiger partial charge in [0.05, 0.1) is 0 Å². The average Bonchev–Trinajstić information content (AvgIpc) is 1.83. The lowest BCUT2D eigenvalue weighted by Crippen LogP contribution is -2.19. The van der Waals surface area contributed by atoms with Crippen molar-refractivity contribution in [3.63, 3.8) is 0 Å². The van der Waals surface area contributed by atoms with Gasteiger partial charge in [-0.1, -0.05) is 32.4 Å². The summed E-state index contributed by atoms with van der Waals surface area (Å²) in [6.45, 7) is 11.0. The SMILES string of the molecule is C/N=C/C(C=C(C)C)C(C)(C)C. The maximum absolute atomic E-state index is 4.09. The number of hydrogen-bond acceptors (Lipinski definition) is 1. The lowest BCUT2D eigenvalue weighted by Gasteiger charge is -2.25. The van der Waals surface area contributed by atoms with Gasteiger partial charge in [0, 0.05) is 19.2 Å². The Morgan fingerprint density at radius 1 is 1.25 bits per heavy atom. The molecule has 0 N–H and O–H groups in total. The molecule has 0 aliphatic heterocycles. The molecule has 70 valence electrons. The Hall–Kier alpha value is -0.590. The predicted octanol–water partition coefficient (Wildman–Crippen LogP) is 3.32. The molecule has 0 fully saturated rings. The van der Waals surface area contributed by atoms with Gasteiger partial charge in [-0.2, -0.15) is 0 Å². The van der Waals surface area contributed by atoms with Gasteiger partial charge in [-0.05, 0) is 19.3 Å². The first kappa shape index (κ1) is 11.4. The summed E-state index contributed by atoms with van der Waals surface area (Å²) in [6, 6.07) is 0. The quantitative estimate of drug-likeness (QED) is 0.442. The van der Waals surface area contributed by atoms with Crippen molar-refractivity contribution < 1.29 is 0 Å². The first-order valence-corrected chi connectivity index (χ1v) is 4.45. The minimum atomic E-state index is 0.275. The molecule has 1 atom stereocenters. The van der Waals surface area contributed by atoms with Gasteiger partial charge in [0.2, 0.25) is 0 Å². The third-order valence-corrected chi connectivity index (χ3v) is 1.82. The maximum atomic E-state index is 4.09. The highest BCUT2D eigenvalue weighted by Gasteiger charge is 2.19. The molecule has 1 nitrogen and oxygen atoms in total. The Kier molecular flexibility index (Phi) is 4.22. The number of hydrogen-bond donors (Lipinski definition) is 0. The fraction of sp³-hybridized carbons (Fsp3) is 0.727. The van der Waals surface area contributed by atoms with E-state index in [0.717, 1.165) is 0 Å². The lowest BCUT2D eigenvalue weighted by atomic mass is 9.80. The van der Waals surface area contributed by atoms with Gasteiger partial charge in [-0.15, -0.1) is 0 Å². The van der Waals surface area contributed by atoms with Crippen LogP contribution >= 0.6 is 0 Å². The van der Waals surface area contributed by atoms with Gasteiger partial charge in [-0.3, -0.25) is 0 Å². The molecule has 0 aliphatic carbocycles. The van der Waals surface area contributed by atoms with E-state index in [-0.39, 0.29) is 5.41 Å². The fourth-order valence-corrected chi connectivity index (χ4v) is 1.04. The van der Waals surface area contributed by atoms with Gasteiger partial charge in [0.25, 0.3) is 0 Å². The zero-order valence-corrected chi connectivity index (χ0v) is 9.18. The third-order valence-electron chi connectivity index (χ3n) is 1.82. The van der Waals surface area contributed by atoms with Crippen LogP contribution < -0.4 is 0 Å². The molecule has 0 aromatic heterocycles. The van der Waals surface area contributed by atoms with Gasteiger partial charge < -0.3 is 4.99 Å². The van der Waals surface area contributed by atoms with E-state index in [4.69, 9.17) is 0 Å². The molecule has 1 heteroatoms. The molecular weight excluding hydrogens is 146 g/mol. The van der Waals surface area contributed by atoms with Crippen molar-refractivity contribution in [1.82, 2.24) is 0 Å². The normalized spacial score (nSPS) is 14.8. The largest absolute Gasteiger partial charge is 0.300 e. The Balaban J connectivity index is 4.57. The van der Waals surface area contributed by atoms with E-state index in [9.17, 15) is 0 Å². The number of aliphatic imine (C=N–C) groups is 1. The van der Waals surface area contributed by atoms with Crippen molar-refractivity contribution in [2.24, 2.45) is 16.3 Å². The molecule has 0 saturated carbocycles. The summed E-state index contributed by atoms with van der Waals surface area (Å²) in [5, 5.41) is 0. The smallest absolute Gasteiger partial charge is 0.0273 e. The zero-order valence-electron chi connectivity index (χ0n) is 9.18. The summed E-state index contributed by atoms with van der Waals surface area (Å²) in [6.07, 6.45) is 4.29. The van der Waals surface area contributed by atoms with E-state index in [1.165, 1.54) is 5.57 Å². The van der Waals surface area contributed by atoms with Gasteiger partial charge in [0.1, 0.15) is 0 Å². The third kappa shape index (κ3) is 4.32. The minimum Gasteiger partial charge on any atom is -0.300 e. The van der Waals surface area contributed by atoms with Crippen LogP contribution in [0.25, 0.3) is 0 Å². The number of allylic oxidation sites excluding steroid dienone is 2. The van der Waals surface area contributed by atoms with Crippen molar-refractivity contribution in [3.8, 4) is 0 Å². The second-order valence-corrected chi connectivity index (χ2v) is 4.54. The molecule has 0 bridgehead atoms. The number of rotatable bonds is 2. The molecular formula is C11H21N. The molecule has 0 rings (SSSR count). The van der Waals surface area contributed by atoms with E-state index >= 15 is 0 Å². The standard InChI is InChI=1S/C11H21N/c1-9(2)7-10(8-12-6)11(3,4)5/h7-8,10H,1-6H3/b12-8+. The molecule has 1 unspecified atom stereocenters. The van der Waals surface area contributed by atoms with E-state index in [0.29, 0.717) is 5.92 Å². The summed E-state index contributed by atoms with van der Waals surface area (Å²) in [5.41, 5.74) is 1.63. The molecule has 0 heterocycles. The van der Waals surface area contributed by atoms with Crippen LogP contribution in [0, 0.1) is 11.3 Å². The topological polar surface area (TPSA) is 12.4 Å². The maximum Gasteiger partial charge on any atom is 0.0273 e. The molecule has 12 heavy (non-hydrogen) atoms. The molecule has 0 radical (unpaired) electrons. The van der Waals surface area contributed by atoms with Crippen LogP contribution in [0.4, 0.5) is 0 Å². The summed E-state index contributed by atoms with van der Waals surface area (Å²) in [4.78, 5) is 4.09. The first-order valence-electron chi connectivity index (χ1n) is 4.45. The summed E-state index contributed by atoms with van der Waals surface area (Å²) in [7, 11) is 1.83. The van der Waals surface area contributed by atoms with Crippen molar-refractivity contribution in [3.05, 3.63) is 11.6 Å². The average molecular weight is 167 g/mol. The van der Waals surface area contributed by atoms with E-state index in [2.05, 4.69) is 45.7 Å². The van der Waals surface area contributed by atoms with Gasteiger partial charge >= 0.3 is 0 Å². The van der Waals surface area contributed by atoms with Gasteiger partial charge in [0.15, 0.2) is 0 Å². The number of nitrogens with zero attached hydrogens (tertiary/aromatic N) is 1. The van der Waals surface area contributed by atoms with Crippen molar-refractivity contribution >= 4 is 6.21 Å². The van der Waals surface area contributed by atoms with Crippen LogP contribution in [0.2, 0.25) is 0 Å². The highest BCUT2D eigenvalue weighted by molar-refractivity contribution is 5.64. The van der Waals surface area contributed by atoms with Crippen LogP contribution in [0.1, 0.15) is 34.6 Å². The van der Waals surface area contributed by atoms with Gasteiger partial charge in [-0.25, -0.2) is 0 Å². The van der Waals surface area contributed by atoms with Crippen molar-refractivity contribution in [2.45, 2.75) is 34.6 Å². The van der Waals surface area contributed by atoms with Crippen LogP contribution in [0.3, 0.4) is 0 Å². The fourth-order valence-electron chi connectivity index (χ4n) is 1.04. The van der Waals surface area contributed by atoms with Crippen molar-refractivity contribution in [1.29, 1.82) is 0 Å². The molecule has 0 saturated heterocycles. The molecule has 0 aromatic rings. The lowest BCUT2D eigenvalue weighted by molar-refractivity contribution is 0.365. The molecule has 0 spiro atoms. The molecule has 0 amide bonds. The van der Waals surface area contributed by atoms with Crippen LogP contribution in [-0.4, -0.2) is 13.3 Å². The second-order valence-electron chi connectivity index (χ2n) is 4.54. The predicted molar refractivity (Wildman–Crippen MR) is 56.8 cm³/mol. The first-order chi connectivity index (χ1) is 5.38. The Morgan fingerprint density at radius 2 is 1.75 bits per heavy atom. The van der Waals surface area contributed by atoms with Crippen LogP contribution in [-0.2, 0) is 0 Å². The van der Waals surface area contributed by atoms with Crippen LogP contribution in [0.15, 0.2) is 16.6 Å². The Morgan fingerprint density at radius 3 is 2.00 bits per heavy atom. The summed E-state index contributed by atoms with van der Waals surface area (Å²) >= 11 is 0. The van der Waals surface area contributed by atoms with Crippen molar-refractivity contribution in [2.75, 3.05) is 7.05 Å². The summed E-state index contributed by atoms with van der Waals surface area (Å²) in [5.74, 6) is 0.451. The zero-order chi connectivity index (χ0) is 9.78. The molecule has 0 aromatic carbocycles. The Bertz CT molecular complexity index is 178. The monoisotopic (exact) mass is 167 g/mol. The highest BCUT2D eigenvalue weighted by Crippen LogP contribution is 2.26. The van der Waals surface area contributed by atoms with Crippen LogP contribution in [0.5, 0.6) is 0 Å². The molecule has 0 aliphatic rings. The Labute approximate surface area is 76.6 Å².